The van der Waals surface area contributed by atoms with Gasteiger partial charge in [0.1, 0.15) is 6.04 Å². The number of carbonyl (C=O) groups is 2. The Morgan fingerprint density at radius 1 is 1.26 bits per heavy atom. The molecule has 0 unspecified atom stereocenters. The van der Waals surface area contributed by atoms with E-state index in [2.05, 4.69) is 0 Å². The van der Waals surface area contributed by atoms with Crippen molar-refractivity contribution >= 4 is 11.8 Å². The van der Waals surface area contributed by atoms with Crippen LogP contribution in [0.5, 0.6) is 0 Å². The first kappa shape index (κ1) is 15.2. The Hall–Kier alpha value is -1.88. The summed E-state index contributed by atoms with van der Waals surface area (Å²) in [6.45, 7) is 0.458. The fourth-order valence-corrected chi connectivity index (χ4v) is 1.87. The molecule has 1 aromatic rings. The van der Waals surface area contributed by atoms with Crippen molar-refractivity contribution in [3.05, 3.63) is 35.9 Å². The molecule has 0 radical (unpaired) electrons. The zero-order valence-corrected chi connectivity index (χ0v) is 11.2. The molecular formula is C14H21N3O2. The van der Waals surface area contributed by atoms with Gasteiger partial charge in [0.25, 0.3) is 0 Å². The molecule has 0 bridgehead atoms. The number of primary amides is 1. The van der Waals surface area contributed by atoms with Crippen molar-refractivity contribution in [2.75, 3.05) is 13.6 Å². The Morgan fingerprint density at radius 3 is 2.42 bits per heavy atom. The molecule has 104 valence electrons. The zero-order valence-electron chi connectivity index (χ0n) is 11.2. The van der Waals surface area contributed by atoms with Crippen LogP contribution in [0.3, 0.4) is 0 Å². The Kier molecular flexibility index (Phi) is 6.02. The summed E-state index contributed by atoms with van der Waals surface area (Å²) in [7, 11) is 1.61. The van der Waals surface area contributed by atoms with Crippen LogP contribution in [-0.4, -0.2) is 36.3 Å². The highest BCUT2D eigenvalue weighted by atomic mass is 16.2. The molecule has 4 N–H and O–H groups in total. The van der Waals surface area contributed by atoms with Gasteiger partial charge >= 0.3 is 0 Å². The fourth-order valence-electron chi connectivity index (χ4n) is 1.87. The van der Waals surface area contributed by atoms with Crippen LogP contribution in [-0.2, 0) is 16.0 Å². The Labute approximate surface area is 113 Å². The van der Waals surface area contributed by atoms with Crippen LogP contribution in [0.25, 0.3) is 0 Å². The van der Waals surface area contributed by atoms with Gasteiger partial charge in [-0.05, 0) is 18.5 Å². The standard InChI is InChI=1S/C14H21N3O2/c1-17(13(18)8-5-9-15)12(14(16)19)10-11-6-3-2-4-7-11/h2-4,6-7,12H,5,8-10,15H2,1H3,(H2,16,19)/t12-/m0/s1. The van der Waals surface area contributed by atoms with E-state index in [-0.39, 0.29) is 5.91 Å². The van der Waals surface area contributed by atoms with Gasteiger partial charge in [-0.15, -0.1) is 0 Å². The van der Waals surface area contributed by atoms with Gasteiger partial charge in [-0.3, -0.25) is 9.59 Å². The second kappa shape index (κ2) is 7.53. The lowest BCUT2D eigenvalue weighted by Gasteiger charge is -2.26. The van der Waals surface area contributed by atoms with Gasteiger partial charge in [0.05, 0.1) is 0 Å². The van der Waals surface area contributed by atoms with Gasteiger partial charge in [0.15, 0.2) is 0 Å². The number of rotatable bonds is 7. The monoisotopic (exact) mass is 263 g/mol. The topological polar surface area (TPSA) is 89.4 Å². The third-order valence-corrected chi connectivity index (χ3v) is 3.06. The fraction of sp³-hybridized carbons (Fsp3) is 0.429. The molecule has 0 aliphatic rings. The van der Waals surface area contributed by atoms with Crippen molar-refractivity contribution in [3.63, 3.8) is 0 Å². The quantitative estimate of drug-likeness (QED) is 0.740. The summed E-state index contributed by atoms with van der Waals surface area (Å²) in [6, 6.07) is 8.89. The van der Waals surface area contributed by atoms with Gasteiger partial charge in [0, 0.05) is 19.9 Å². The number of likely N-dealkylation sites (N-methyl/N-ethyl adjacent to an activating group) is 1. The maximum absolute atomic E-state index is 11.9. The number of amides is 2. The van der Waals surface area contributed by atoms with Crippen LogP contribution in [0.1, 0.15) is 18.4 Å². The molecule has 0 spiro atoms. The lowest BCUT2D eigenvalue weighted by Crippen LogP contribution is -2.47. The summed E-state index contributed by atoms with van der Waals surface area (Å²) in [5.74, 6) is -0.599. The van der Waals surface area contributed by atoms with Gasteiger partial charge in [-0.25, -0.2) is 0 Å². The van der Waals surface area contributed by atoms with E-state index in [1.807, 2.05) is 30.3 Å². The van der Waals surface area contributed by atoms with E-state index in [1.54, 1.807) is 7.05 Å². The summed E-state index contributed by atoms with van der Waals surface area (Å²) in [4.78, 5) is 24.8. The summed E-state index contributed by atoms with van der Waals surface area (Å²) in [5.41, 5.74) is 11.7. The number of nitrogens with zero attached hydrogens (tertiary/aromatic N) is 1. The molecule has 0 aliphatic carbocycles. The Bertz CT molecular complexity index is 420. The van der Waals surface area contributed by atoms with Gasteiger partial charge in [-0.1, -0.05) is 30.3 Å². The van der Waals surface area contributed by atoms with Crippen LogP contribution < -0.4 is 11.5 Å². The van der Waals surface area contributed by atoms with Crippen molar-refractivity contribution < 1.29 is 9.59 Å². The molecule has 0 saturated carbocycles. The number of carbonyl (C=O) groups excluding carboxylic acids is 2. The molecular weight excluding hydrogens is 242 g/mol. The molecule has 0 heterocycles. The molecule has 0 aliphatic heterocycles. The number of nitrogens with two attached hydrogens (primary N) is 2. The van der Waals surface area contributed by atoms with Crippen LogP contribution in [0, 0.1) is 0 Å². The SMILES string of the molecule is CN(C(=O)CCCN)[C@@H](Cc1ccccc1)C(N)=O. The largest absolute Gasteiger partial charge is 0.368 e. The summed E-state index contributed by atoms with van der Waals surface area (Å²) in [5, 5.41) is 0. The normalized spacial score (nSPS) is 11.9. The summed E-state index contributed by atoms with van der Waals surface area (Å²) in [6.07, 6.45) is 1.38. The summed E-state index contributed by atoms with van der Waals surface area (Å²) >= 11 is 0. The van der Waals surface area contributed by atoms with E-state index in [0.29, 0.717) is 25.8 Å². The van der Waals surface area contributed by atoms with Crippen LogP contribution in [0.15, 0.2) is 30.3 Å². The summed E-state index contributed by atoms with van der Waals surface area (Å²) < 4.78 is 0. The van der Waals surface area contributed by atoms with E-state index >= 15 is 0 Å². The minimum atomic E-state index is -0.618. The number of hydrogen-bond donors (Lipinski definition) is 2. The average molecular weight is 263 g/mol. The van der Waals surface area contributed by atoms with Crippen molar-refractivity contribution in [2.45, 2.75) is 25.3 Å². The smallest absolute Gasteiger partial charge is 0.240 e. The molecule has 5 heteroatoms. The first-order valence-corrected chi connectivity index (χ1v) is 6.35. The van der Waals surface area contributed by atoms with Crippen LogP contribution in [0.2, 0.25) is 0 Å². The lowest BCUT2D eigenvalue weighted by atomic mass is 10.0. The molecule has 0 saturated heterocycles. The first-order valence-electron chi connectivity index (χ1n) is 6.35. The minimum absolute atomic E-state index is 0.106. The second-order valence-corrected chi connectivity index (χ2v) is 4.50. The van der Waals surface area contributed by atoms with E-state index in [0.717, 1.165) is 5.56 Å². The third kappa shape index (κ3) is 4.71. The molecule has 1 rings (SSSR count). The zero-order chi connectivity index (χ0) is 14.3. The van der Waals surface area contributed by atoms with E-state index < -0.39 is 11.9 Å². The number of benzene rings is 1. The molecule has 2 amide bonds. The average Bonchev–Trinajstić information content (AvgIpc) is 2.42. The minimum Gasteiger partial charge on any atom is -0.368 e. The predicted molar refractivity (Wildman–Crippen MR) is 74.2 cm³/mol. The molecule has 5 nitrogen and oxygen atoms in total. The van der Waals surface area contributed by atoms with Crippen molar-refractivity contribution in [1.29, 1.82) is 0 Å². The first-order chi connectivity index (χ1) is 9.06. The molecule has 19 heavy (non-hydrogen) atoms. The highest BCUT2D eigenvalue weighted by Gasteiger charge is 2.24. The third-order valence-electron chi connectivity index (χ3n) is 3.06. The molecule has 0 fully saturated rings. The Balaban J connectivity index is 2.72. The van der Waals surface area contributed by atoms with Crippen molar-refractivity contribution in [1.82, 2.24) is 4.90 Å². The maximum Gasteiger partial charge on any atom is 0.240 e. The maximum atomic E-state index is 11.9. The molecule has 0 aromatic heterocycles. The van der Waals surface area contributed by atoms with Crippen LogP contribution in [0.4, 0.5) is 0 Å². The van der Waals surface area contributed by atoms with Crippen molar-refractivity contribution in [3.8, 4) is 0 Å². The predicted octanol–water partition coefficient (Wildman–Crippen LogP) is 0.280. The molecule has 1 aromatic carbocycles. The highest BCUT2D eigenvalue weighted by molar-refractivity contribution is 5.86. The van der Waals surface area contributed by atoms with Gasteiger partial charge < -0.3 is 16.4 Å². The molecule has 1 atom stereocenters. The number of hydrogen-bond acceptors (Lipinski definition) is 3. The van der Waals surface area contributed by atoms with Gasteiger partial charge in [-0.2, -0.15) is 0 Å². The Morgan fingerprint density at radius 2 is 1.89 bits per heavy atom. The van der Waals surface area contributed by atoms with E-state index in [4.69, 9.17) is 11.5 Å². The lowest BCUT2D eigenvalue weighted by molar-refractivity contribution is -0.137. The second-order valence-electron chi connectivity index (χ2n) is 4.50. The highest BCUT2D eigenvalue weighted by Crippen LogP contribution is 2.09. The van der Waals surface area contributed by atoms with Crippen LogP contribution >= 0.6 is 0 Å². The van der Waals surface area contributed by atoms with Gasteiger partial charge in [0.2, 0.25) is 11.8 Å². The van der Waals surface area contributed by atoms with E-state index in [1.165, 1.54) is 4.90 Å². The van der Waals surface area contributed by atoms with Crippen molar-refractivity contribution in [2.24, 2.45) is 11.5 Å². The van der Waals surface area contributed by atoms with E-state index in [9.17, 15) is 9.59 Å².